The van der Waals surface area contributed by atoms with E-state index in [1.807, 2.05) is 30.3 Å². The first-order valence-corrected chi connectivity index (χ1v) is 9.45. The maximum atomic E-state index is 12.8. The van der Waals surface area contributed by atoms with Crippen LogP contribution in [0.15, 0.2) is 47.7 Å². The molecule has 9 heteroatoms. The number of para-hydroxylation sites is 1. The Bertz CT molecular complexity index is 1280. The third kappa shape index (κ3) is 2.91. The minimum Gasteiger partial charge on any atom is -0.309 e. The monoisotopic (exact) mass is 389 g/mol. The third-order valence-electron chi connectivity index (χ3n) is 5.20. The van der Waals surface area contributed by atoms with Gasteiger partial charge >= 0.3 is 0 Å². The lowest BCUT2D eigenvalue weighted by atomic mass is 10.2. The number of nitrogens with one attached hydrogen (secondary N) is 1. The van der Waals surface area contributed by atoms with E-state index in [-0.39, 0.29) is 18.0 Å². The highest BCUT2D eigenvalue weighted by Gasteiger charge is 2.24. The highest BCUT2D eigenvalue weighted by Crippen LogP contribution is 2.30. The molecule has 1 aliphatic rings. The molecular weight excluding hydrogens is 370 g/mol. The standard InChI is InChI=1S/C20H19N7O2/c1-25-18-15(10-22-25)20(29)26(12-21-18)11-17(28)23-19-14-8-5-9-16(14)24-27(19)13-6-3-2-4-7-13/h2-4,6-7,10,12H,5,8-9,11H2,1H3,(H,23,28). The highest BCUT2D eigenvalue weighted by molar-refractivity contribution is 5.91. The molecular formula is C20H19N7O2. The maximum absolute atomic E-state index is 12.8. The van der Waals surface area contributed by atoms with Gasteiger partial charge in [-0.3, -0.25) is 18.8 Å². The average Bonchev–Trinajstić information content (AvgIpc) is 3.41. The smallest absolute Gasteiger partial charge is 0.264 e. The Labute approximate surface area is 165 Å². The van der Waals surface area contributed by atoms with Crippen LogP contribution < -0.4 is 10.9 Å². The van der Waals surface area contributed by atoms with Crippen molar-refractivity contribution in [2.75, 3.05) is 5.32 Å². The fourth-order valence-electron chi connectivity index (χ4n) is 3.78. The first-order valence-electron chi connectivity index (χ1n) is 9.45. The molecule has 3 heterocycles. The Kier molecular flexibility index (Phi) is 4.01. The number of rotatable bonds is 4. The molecule has 0 fully saturated rings. The van der Waals surface area contributed by atoms with Crippen molar-refractivity contribution in [2.24, 2.45) is 7.05 Å². The van der Waals surface area contributed by atoms with Crippen molar-refractivity contribution in [1.82, 2.24) is 29.1 Å². The van der Waals surface area contributed by atoms with Crippen molar-refractivity contribution >= 4 is 22.8 Å². The van der Waals surface area contributed by atoms with Gasteiger partial charge in [0.1, 0.15) is 24.1 Å². The van der Waals surface area contributed by atoms with E-state index in [0.717, 1.165) is 36.2 Å². The summed E-state index contributed by atoms with van der Waals surface area (Å²) in [5.74, 6) is 0.376. The number of carbonyl (C=O) groups excluding carboxylic acids is 1. The Balaban J connectivity index is 1.46. The molecule has 1 amide bonds. The Morgan fingerprint density at radius 1 is 1.21 bits per heavy atom. The fourth-order valence-corrected chi connectivity index (χ4v) is 3.78. The van der Waals surface area contributed by atoms with E-state index >= 15 is 0 Å². The largest absolute Gasteiger partial charge is 0.309 e. The predicted octanol–water partition coefficient (Wildman–Crippen LogP) is 1.44. The summed E-state index contributed by atoms with van der Waals surface area (Å²) in [7, 11) is 1.72. The predicted molar refractivity (Wildman–Crippen MR) is 107 cm³/mol. The number of hydrogen-bond donors (Lipinski definition) is 1. The first kappa shape index (κ1) is 17.4. The molecule has 146 valence electrons. The van der Waals surface area contributed by atoms with Crippen molar-refractivity contribution in [3.63, 3.8) is 0 Å². The minimum absolute atomic E-state index is 0.134. The lowest BCUT2D eigenvalue weighted by Gasteiger charge is -2.12. The molecule has 0 bridgehead atoms. The molecule has 5 rings (SSSR count). The molecule has 4 aromatic rings. The lowest BCUT2D eigenvalue weighted by molar-refractivity contribution is -0.116. The molecule has 0 atom stereocenters. The van der Waals surface area contributed by atoms with Crippen LogP contribution in [0.1, 0.15) is 17.7 Å². The molecule has 0 saturated carbocycles. The van der Waals surface area contributed by atoms with Gasteiger partial charge in [0, 0.05) is 12.6 Å². The van der Waals surface area contributed by atoms with Gasteiger partial charge in [0.25, 0.3) is 5.56 Å². The summed E-state index contributed by atoms with van der Waals surface area (Å²) in [6.45, 7) is -0.134. The van der Waals surface area contributed by atoms with Gasteiger partial charge in [-0.1, -0.05) is 18.2 Å². The van der Waals surface area contributed by atoms with Crippen LogP contribution in [0.25, 0.3) is 16.7 Å². The average molecular weight is 389 g/mol. The molecule has 9 nitrogen and oxygen atoms in total. The second kappa shape index (κ2) is 6.69. The molecule has 29 heavy (non-hydrogen) atoms. The summed E-state index contributed by atoms with van der Waals surface area (Å²) in [5.41, 5.74) is 3.16. The quantitative estimate of drug-likeness (QED) is 0.569. The van der Waals surface area contributed by atoms with Gasteiger partial charge in [0.2, 0.25) is 5.91 Å². The van der Waals surface area contributed by atoms with Crippen LogP contribution in [-0.2, 0) is 31.2 Å². The Morgan fingerprint density at radius 3 is 2.86 bits per heavy atom. The molecule has 0 saturated heterocycles. The highest BCUT2D eigenvalue weighted by atomic mass is 16.2. The van der Waals surface area contributed by atoms with Crippen molar-refractivity contribution in [2.45, 2.75) is 25.8 Å². The molecule has 1 aromatic carbocycles. The normalized spacial score (nSPS) is 13.0. The fraction of sp³-hybridized carbons (Fsp3) is 0.250. The van der Waals surface area contributed by atoms with E-state index in [2.05, 4.69) is 15.4 Å². The molecule has 0 radical (unpaired) electrons. The van der Waals surface area contributed by atoms with Crippen LogP contribution in [0.5, 0.6) is 0 Å². The molecule has 0 aliphatic heterocycles. The summed E-state index contributed by atoms with van der Waals surface area (Å²) >= 11 is 0. The molecule has 1 aliphatic carbocycles. The van der Waals surface area contributed by atoms with Crippen LogP contribution in [0.4, 0.5) is 5.82 Å². The van der Waals surface area contributed by atoms with Crippen LogP contribution in [0.2, 0.25) is 0 Å². The lowest BCUT2D eigenvalue weighted by Crippen LogP contribution is -2.28. The second-order valence-corrected chi connectivity index (χ2v) is 7.11. The van der Waals surface area contributed by atoms with Gasteiger partial charge in [0.05, 0.1) is 17.6 Å². The van der Waals surface area contributed by atoms with Crippen molar-refractivity contribution < 1.29 is 4.79 Å². The zero-order chi connectivity index (χ0) is 20.0. The number of fused-ring (bicyclic) bond motifs is 2. The van der Waals surface area contributed by atoms with Crippen LogP contribution in [0, 0.1) is 0 Å². The van der Waals surface area contributed by atoms with E-state index < -0.39 is 0 Å². The zero-order valence-corrected chi connectivity index (χ0v) is 15.9. The molecule has 3 aromatic heterocycles. The van der Waals surface area contributed by atoms with Gasteiger partial charge in [-0.05, 0) is 31.4 Å². The third-order valence-corrected chi connectivity index (χ3v) is 5.20. The van der Waals surface area contributed by atoms with Crippen molar-refractivity contribution in [1.29, 1.82) is 0 Å². The number of aryl methyl sites for hydroxylation is 2. The van der Waals surface area contributed by atoms with Crippen LogP contribution in [0.3, 0.4) is 0 Å². The summed E-state index contributed by atoms with van der Waals surface area (Å²) in [5, 5.41) is 12.1. The SMILES string of the molecule is Cn1ncc2c(=O)n(CC(=O)Nc3c4c(nn3-c3ccccc3)CCC4)cnc21. The van der Waals surface area contributed by atoms with Gasteiger partial charge < -0.3 is 5.32 Å². The van der Waals surface area contributed by atoms with E-state index in [4.69, 9.17) is 5.10 Å². The van der Waals surface area contributed by atoms with Gasteiger partial charge in [0.15, 0.2) is 5.65 Å². The number of carbonyl (C=O) groups is 1. The van der Waals surface area contributed by atoms with E-state index in [1.165, 1.54) is 21.8 Å². The number of aromatic nitrogens is 6. The summed E-state index contributed by atoms with van der Waals surface area (Å²) < 4.78 is 4.60. The van der Waals surface area contributed by atoms with E-state index in [9.17, 15) is 9.59 Å². The number of benzene rings is 1. The minimum atomic E-state index is -0.302. The maximum Gasteiger partial charge on any atom is 0.264 e. The van der Waals surface area contributed by atoms with E-state index in [1.54, 1.807) is 11.7 Å². The second-order valence-electron chi connectivity index (χ2n) is 7.11. The summed E-state index contributed by atoms with van der Waals surface area (Å²) in [4.78, 5) is 29.7. The number of hydrogen-bond acceptors (Lipinski definition) is 5. The Morgan fingerprint density at radius 2 is 2.03 bits per heavy atom. The van der Waals surface area contributed by atoms with Gasteiger partial charge in [-0.25, -0.2) is 9.67 Å². The number of amides is 1. The van der Waals surface area contributed by atoms with Crippen molar-refractivity contribution in [3.05, 3.63) is 64.5 Å². The van der Waals surface area contributed by atoms with Crippen molar-refractivity contribution in [3.8, 4) is 5.69 Å². The first-order chi connectivity index (χ1) is 14.1. The number of nitrogens with zero attached hydrogens (tertiary/aromatic N) is 6. The molecule has 0 unspecified atom stereocenters. The summed E-state index contributed by atoms with van der Waals surface area (Å²) in [6, 6.07) is 9.70. The molecule has 1 N–H and O–H groups in total. The van der Waals surface area contributed by atoms with Crippen LogP contribution in [-0.4, -0.2) is 35.0 Å². The summed E-state index contributed by atoms with van der Waals surface area (Å²) in [6.07, 6.45) is 5.65. The van der Waals surface area contributed by atoms with Gasteiger partial charge in [-0.15, -0.1) is 0 Å². The van der Waals surface area contributed by atoms with E-state index in [0.29, 0.717) is 16.9 Å². The topological polar surface area (TPSA) is 99.6 Å². The number of anilines is 1. The van der Waals surface area contributed by atoms with Gasteiger partial charge in [-0.2, -0.15) is 10.2 Å². The zero-order valence-electron chi connectivity index (χ0n) is 15.9. The van der Waals surface area contributed by atoms with Crippen LogP contribution >= 0.6 is 0 Å². The Hall–Kier alpha value is -3.75. The molecule has 0 spiro atoms.